The molecule has 1 aliphatic rings. The number of hydrogen-bond acceptors (Lipinski definition) is 1. The first-order valence-electron chi connectivity index (χ1n) is 9.06. The first kappa shape index (κ1) is 14.4. The van der Waals surface area contributed by atoms with E-state index in [1.807, 2.05) is 24.3 Å². The third kappa shape index (κ3) is 2.02. The summed E-state index contributed by atoms with van der Waals surface area (Å²) in [6, 6.07) is 31.4. The second-order valence-corrected chi connectivity index (χ2v) is 6.75. The van der Waals surface area contributed by atoms with Crippen LogP contribution in [0.15, 0.2) is 91.0 Å². The quantitative estimate of drug-likeness (QED) is 0.334. The highest BCUT2D eigenvalue weighted by Crippen LogP contribution is 2.41. The van der Waals surface area contributed by atoms with Crippen molar-refractivity contribution in [1.29, 1.82) is 0 Å². The Hall–Kier alpha value is -3.72. The van der Waals surface area contributed by atoms with Crippen LogP contribution in [0.3, 0.4) is 0 Å². The average molecular weight is 348 g/mol. The van der Waals surface area contributed by atoms with Crippen LogP contribution >= 0.6 is 0 Å². The number of aromatic nitrogens is 2. The van der Waals surface area contributed by atoms with Crippen LogP contribution in [0.2, 0.25) is 0 Å². The standard InChI is InChI=1S/C24H16N2O/c1-3-10-18-16(8-1)17-9-2-4-12-20(17)26-21-13-5-6-14-22(21)27-23-15-7-11-19(25-18)24(23)26/h1-15,25H. The van der Waals surface area contributed by atoms with E-state index in [9.17, 15) is 0 Å². The van der Waals surface area contributed by atoms with Gasteiger partial charge in [0, 0.05) is 16.3 Å². The van der Waals surface area contributed by atoms with Gasteiger partial charge < -0.3 is 14.3 Å². The fraction of sp³-hybridized carbons (Fsp3) is 0. The molecule has 1 aromatic heterocycles. The van der Waals surface area contributed by atoms with Gasteiger partial charge in [0.15, 0.2) is 11.5 Å². The molecule has 4 aromatic carbocycles. The molecule has 0 saturated carbocycles. The van der Waals surface area contributed by atoms with Crippen molar-refractivity contribution in [3.05, 3.63) is 91.0 Å². The largest absolute Gasteiger partial charge is 0.453 e. The highest BCUT2D eigenvalue weighted by atomic mass is 16.5. The second kappa shape index (κ2) is 5.39. The second-order valence-electron chi connectivity index (χ2n) is 6.75. The molecule has 3 nitrogen and oxygen atoms in total. The Labute approximate surface area is 155 Å². The molecule has 128 valence electrons. The molecule has 0 spiro atoms. The molecule has 6 rings (SSSR count). The molecule has 27 heavy (non-hydrogen) atoms. The Kier molecular flexibility index (Phi) is 2.88. The van der Waals surface area contributed by atoms with Gasteiger partial charge in [-0.25, -0.2) is 0 Å². The number of nitrogens with zero attached hydrogens (tertiary/aromatic N) is 1. The van der Waals surface area contributed by atoms with E-state index in [0.29, 0.717) is 0 Å². The first-order valence-corrected chi connectivity index (χ1v) is 9.06. The molecule has 5 aromatic rings. The molecule has 0 amide bonds. The van der Waals surface area contributed by atoms with Gasteiger partial charge >= 0.3 is 0 Å². The maximum Gasteiger partial charge on any atom is 0.153 e. The zero-order chi connectivity index (χ0) is 17.8. The topological polar surface area (TPSA) is 29.9 Å². The van der Waals surface area contributed by atoms with Gasteiger partial charge in [0.2, 0.25) is 0 Å². The lowest BCUT2D eigenvalue weighted by Gasteiger charge is -2.24. The van der Waals surface area contributed by atoms with Crippen LogP contribution in [0.25, 0.3) is 38.5 Å². The van der Waals surface area contributed by atoms with Crippen molar-refractivity contribution in [2.45, 2.75) is 0 Å². The smallest absolute Gasteiger partial charge is 0.153 e. The molecular formula is C24H16N2O. The lowest BCUT2D eigenvalue weighted by atomic mass is 10.1. The van der Waals surface area contributed by atoms with E-state index >= 15 is 0 Å². The third-order valence-corrected chi connectivity index (χ3v) is 5.18. The predicted octanol–water partition coefficient (Wildman–Crippen LogP) is 6.50. The summed E-state index contributed by atoms with van der Waals surface area (Å²) in [5.74, 6) is 1.72. The minimum absolute atomic E-state index is 0.855. The van der Waals surface area contributed by atoms with E-state index in [-0.39, 0.29) is 0 Å². The van der Waals surface area contributed by atoms with Gasteiger partial charge in [-0.3, -0.25) is 0 Å². The van der Waals surface area contributed by atoms with Crippen LogP contribution in [-0.4, -0.2) is 9.55 Å². The Morgan fingerprint density at radius 1 is 0.593 bits per heavy atom. The predicted molar refractivity (Wildman–Crippen MR) is 110 cm³/mol. The SMILES string of the molecule is c1ccc2c(c1)Oc1cccc3[nH]c4ccccc4c4ccccc4n-2c13. The number of aromatic amines is 1. The van der Waals surface area contributed by atoms with Crippen molar-refractivity contribution in [3.8, 4) is 17.2 Å². The molecule has 0 fully saturated rings. The van der Waals surface area contributed by atoms with E-state index in [0.717, 1.165) is 39.3 Å². The zero-order valence-electron chi connectivity index (χ0n) is 14.5. The lowest BCUT2D eigenvalue weighted by molar-refractivity contribution is 0.476. The minimum atomic E-state index is 0.855. The van der Waals surface area contributed by atoms with Gasteiger partial charge in [-0.1, -0.05) is 54.6 Å². The van der Waals surface area contributed by atoms with Gasteiger partial charge in [-0.05, 0) is 36.4 Å². The van der Waals surface area contributed by atoms with Crippen molar-refractivity contribution in [3.63, 3.8) is 0 Å². The zero-order valence-corrected chi connectivity index (χ0v) is 14.5. The minimum Gasteiger partial charge on any atom is -0.453 e. The van der Waals surface area contributed by atoms with Crippen LogP contribution in [-0.2, 0) is 0 Å². The normalized spacial score (nSPS) is 12.0. The van der Waals surface area contributed by atoms with Crippen molar-refractivity contribution < 1.29 is 4.74 Å². The molecule has 0 unspecified atom stereocenters. The number of nitrogens with one attached hydrogen (secondary N) is 1. The van der Waals surface area contributed by atoms with Crippen molar-refractivity contribution >= 4 is 32.8 Å². The summed E-state index contributed by atoms with van der Waals surface area (Å²) in [5, 5.41) is 2.38. The van der Waals surface area contributed by atoms with Crippen LogP contribution in [0.4, 0.5) is 0 Å². The fourth-order valence-electron chi connectivity index (χ4n) is 4.02. The summed E-state index contributed by atoms with van der Waals surface area (Å²) in [7, 11) is 0. The highest BCUT2D eigenvalue weighted by Gasteiger charge is 2.19. The highest BCUT2D eigenvalue weighted by molar-refractivity contribution is 6.06. The number of fused-ring (bicyclic) bond motifs is 6. The molecule has 0 bridgehead atoms. The number of para-hydroxylation sites is 5. The molecular weight excluding hydrogens is 332 g/mol. The summed E-state index contributed by atoms with van der Waals surface area (Å²) in [6.07, 6.45) is 0. The van der Waals surface area contributed by atoms with E-state index in [4.69, 9.17) is 4.74 Å². The Bertz CT molecular complexity index is 1410. The van der Waals surface area contributed by atoms with Crippen molar-refractivity contribution in [2.75, 3.05) is 0 Å². The van der Waals surface area contributed by atoms with Crippen LogP contribution in [0.1, 0.15) is 0 Å². The van der Waals surface area contributed by atoms with E-state index < -0.39 is 0 Å². The molecule has 0 atom stereocenters. The monoisotopic (exact) mass is 348 g/mol. The Balaban J connectivity index is 2.01. The first-order chi connectivity index (χ1) is 13.4. The van der Waals surface area contributed by atoms with Crippen LogP contribution in [0, 0.1) is 0 Å². The van der Waals surface area contributed by atoms with Crippen LogP contribution < -0.4 is 4.74 Å². The number of ether oxygens (including phenoxy) is 1. The van der Waals surface area contributed by atoms with Gasteiger partial charge in [-0.2, -0.15) is 0 Å². The molecule has 0 radical (unpaired) electrons. The number of rotatable bonds is 0. The van der Waals surface area contributed by atoms with Gasteiger partial charge in [0.25, 0.3) is 0 Å². The van der Waals surface area contributed by atoms with Gasteiger partial charge in [0.1, 0.15) is 5.52 Å². The Morgan fingerprint density at radius 3 is 2.26 bits per heavy atom. The number of H-pyrrole nitrogens is 1. The van der Waals surface area contributed by atoms with E-state index in [2.05, 4.69) is 76.3 Å². The molecule has 0 aliphatic carbocycles. The van der Waals surface area contributed by atoms with Gasteiger partial charge in [0.05, 0.1) is 16.7 Å². The van der Waals surface area contributed by atoms with E-state index in [1.54, 1.807) is 0 Å². The molecule has 1 aliphatic heterocycles. The summed E-state index contributed by atoms with van der Waals surface area (Å²) in [5.41, 5.74) is 5.36. The average Bonchev–Trinajstić information content (AvgIpc) is 2.72. The summed E-state index contributed by atoms with van der Waals surface area (Å²) in [4.78, 5) is 3.63. The Morgan fingerprint density at radius 2 is 1.30 bits per heavy atom. The molecule has 3 heteroatoms. The fourth-order valence-corrected chi connectivity index (χ4v) is 4.02. The lowest BCUT2D eigenvalue weighted by Crippen LogP contribution is -2.07. The summed E-state index contributed by atoms with van der Waals surface area (Å²) >= 11 is 0. The maximum atomic E-state index is 6.24. The van der Waals surface area contributed by atoms with Crippen LogP contribution in [0.5, 0.6) is 11.5 Å². The maximum absolute atomic E-state index is 6.24. The van der Waals surface area contributed by atoms with Crippen molar-refractivity contribution in [2.24, 2.45) is 0 Å². The number of benzene rings is 4. The summed E-state index contributed by atoms with van der Waals surface area (Å²) < 4.78 is 8.55. The molecule has 0 saturated heterocycles. The van der Waals surface area contributed by atoms with E-state index in [1.165, 1.54) is 10.8 Å². The molecule has 1 N–H and O–H groups in total. The third-order valence-electron chi connectivity index (χ3n) is 5.18. The number of hydrogen-bond donors (Lipinski definition) is 1. The van der Waals surface area contributed by atoms with Gasteiger partial charge in [-0.15, -0.1) is 0 Å². The molecule has 2 heterocycles. The summed E-state index contributed by atoms with van der Waals surface area (Å²) in [6.45, 7) is 0. The van der Waals surface area contributed by atoms with Crippen molar-refractivity contribution in [1.82, 2.24) is 9.55 Å².